The summed E-state index contributed by atoms with van der Waals surface area (Å²) in [5.41, 5.74) is 1.86. The lowest BCUT2D eigenvalue weighted by atomic mass is 10.0. The number of pyridine rings is 1. The van der Waals surface area contributed by atoms with Crippen LogP contribution in [0.1, 0.15) is 51.4 Å². The molecule has 18 heavy (non-hydrogen) atoms. The Morgan fingerprint density at radius 2 is 2.06 bits per heavy atom. The SMILES string of the molecule is CCC(C)C(C)n1c(C(C)Cl)nc2cccnc21. The van der Waals surface area contributed by atoms with Crippen molar-refractivity contribution in [2.24, 2.45) is 5.92 Å². The van der Waals surface area contributed by atoms with Crippen LogP contribution in [0.4, 0.5) is 0 Å². The van der Waals surface area contributed by atoms with Crippen molar-refractivity contribution >= 4 is 22.8 Å². The van der Waals surface area contributed by atoms with Crippen LogP contribution in [-0.4, -0.2) is 14.5 Å². The number of hydrogen-bond acceptors (Lipinski definition) is 2. The lowest BCUT2D eigenvalue weighted by molar-refractivity contribution is 0.367. The average molecular weight is 266 g/mol. The van der Waals surface area contributed by atoms with E-state index in [0.717, 1.165) is 23.4 Å². The molecule has 2 rings (SSSR count). The molecule has 2 aromatic rings. The largest absolute Gasteiger partial charge is 0.308 e. The van der Waals surface area contributed by atoms with Gasteiger partial charge in [-0.3, -0.25) is 0 Å². The van der Waals surface area contributed by atoms with Crippen LogP contribution >= 0.6 is 11.6 Å². The highest BCUT2D eigenvalue weighted by molar-refractivity contribution is 6.20. The van der Waals surface area contributed by atoms with E-state index in [2.05, 4.69) is 35.3 Å². The number of imidazole rings is 1. The second kappa shape index (κ2) is 5.27. The van der Waals surface area contributed by atoms with E-state index in [1.165, 1.54) is 0 Å². The van der Waals surface area contributed by atoms with Gasteiger partial charge in [-0.25, -0.2) is 9.97 Å². The summed E-state index contributed by atoms with van der Waals surface area (Å²) < 4.78 is 2.20. The molecule has 4 heteroatoms. The molecule has 3 nitrogen and oxygen atoms in total. The number of aromatic nitrogens is 3. The fourth-order valence-corrected chi connectivity index (χ4v) is 2.38. The molecule has 0 bridgehead atoms. The van der Waals surface area contributed by atoms with Crippen LogP contribution in [0.2, 0.25) is 0 Å². The molecule has 0 saturated heterocycles. The molecule has 0 radical (unpaired) electrons. The van der Waals surface area contributed by atoms with Crippen LogP contribution in [0, 0.1) is 5.92 Å². The molecule has 0 saturated carbocycles. The highest BCUT2D eigenvalue weighted by Gasteiger charge is 2.22. The first-order chi connectivity index (χ1) is 8.56. The van der Waals surface area contributed by atoms with Crippen molar-refractivity contribution in [1.82, 2.24) is 14.5 Å². The Hall–Kier alpha value is -1.09. The highest BCUT2D eigenvalue weighted by Crippen LogP contribution is 2.30. The summed E-state index contributed by atoms with van der Waals surface area (Å²) in [4.78, 5) is 9.08. The average Bonchev–Trinajstić information content (AvgIpc) is 2.76. The molecule has 2 aromatic heterocycles. The zero-order valence-corrected chi connectivity index (χ0v) is 12.1. The molecule has 2 heterocycles. The Kier molecular flexibility index (Phi) is 3.91. The molecular weight excluding hydrogens is 246 g/mol. The van der Waals surface area contributed by atoms with E-state index in [9.17, 15) is 0 Å². The summed E-state index contributed by atoms with van der Waals surface area (Å²) in [6, 6.07) is 4.26. The Morgan fingerprint density at radius 3 is 2.67 bits per heavy atom. The predicted molar refractivity (Wildman–Crippen MR) is 76.0 cm³/mol. The summed E-state index contributed by atoms with van der Waals surface area (Å²) in [7, 11) is 0. The molecule has 3 atom stereocenters. The van der Waals surface area contributed by atoms with E-state index in [-0.39, 0.29) is 5.38 Å². The summed E-state index contributed by atoms with van der Waals surface area (Å²) >= 11 is 6.26. The van der Waals surface area contributed by atoms with Gasteiger partial charge in [-0.05, 0) is 31.9 Å². The van der Waals surface area contributed by atoms with E-state index in [0.29, 0.717) is 12.0 Å². The van der Waals surface area contributed by atoms with Gasteiger partial charge in [-0.15, -0.1) is 11.6 Å². The van der Waals surface area contributed by atoms with Crippen molar-refractivity contribution in [3.05, 3.63) is 24.2 Å². The second-order valence-corrected chi connectivity index (χ2v) is 5.58. The Bertz CT molecular complexity index is 533. The van der Waals surface area contributed by atoms with Crippen LogP contribution in [0.5, 0.6) is 0 Å². The minimum Gasteiger partial charge on any atom is -0.308 e. The molecular formula is C14H20ClN3. The van der Waals surface area contributed by atoms with Crippen molar-refractivity contribution in [3.63, 3.8) is 0 Å². The van der Waals surface area contributed by atoms with Gasteiger partial charge >= 0.3 is 0 Å². The zero-order valence-electron chi connectivity index (χ0n) is 11.4. The maximum atomic E-state index is 6.26. The molecule has 3 unspecified atom stereocenters. The zero-order chi connectivity index (χ0) is 13.3. The standard InChI is InChI=1S/C14H20ClN3/c1-5-9(2)11(4)18-13(10(3)15)17-12-7-6-8-16-14(12)18/h6-11H,5H2,1-4H3. The van der Waals surface area contributed by atoms with Crippen molar-refractivity contribution in [3.8, 4) is 0 Å². The van der Waals surface area contributed by atoms with Gasteiger partial charge in [0.15, 0.2) is 5.65 Å². The Labute approximate surface area is 113 Å². The van der Waals surface area contributed by atoms with Gasteiger partial charge in [-0.1, -0.05) is 20.3 Å². The van der Waals surface area contributed by atoms with Gasteiger partial charge in [0.2, 0.25) is 0 Å². The molecule has 0 N–H and O–H groups in total. The topological polar surface area (TPSA) is 30.7 Å². The normalized spacial score (nSPS) is 16.7. The van der Waals surface area contributed by atoms with E-state index in [1.807, 2.05) is 25.3 Å². The summed E-state index contributed by atoms with van der Waals surface area (Å²) in [6.45, 7) is 8.63. The molecule has 0 fully saturated rings. The molecule has 0 aromatic carbocycles. The molecule has 98 valence electrons. The third-order valence-corrected chi connectivity index (χ3v) is 3.90. The van der Waals surface area contributed by atoms with Gasteiger partial charge in [-0.2, -0.15) is 0 Å². The minimum absolute atomic E-state index is 0.106. The van der Waals surface area contributed by atoms with Crippen molar-refractivity contribution < 1.29 is 0 Å². The monoisotopic (exact) mass is 265 g/mol. The van der Waals surface area contributed by atoms with Crippen LogP contribution in [0.25, 0.3) is 11.2 Å². The van der Waals surface area contributed by atoms with E-state index < -0.39 is 0 Å². The van der Waals surface area contributed by atoms with E-state index in [1.54, 1.807) is 0 Å². The van der Waals surface area contributed by atoms with E-state index >= 15 is 0 Å². The van der Waals surface area contributed by atoms with Crippen LogP contribution in [0.15, 0.2) is 18.3 Å². The van der Waals surface area contributed by atoms with Crippen LogP contribution in [-0.2, 0) is 0 Å². The Balaban J connectivity index is 2.61. The van der Waals surface area contributed by atoms with Gasteiger partial charge in [0.1, 0.15) is 11.3 Å². The van der Waals surface area contributed by atoms with Gasteiger partial charge in [0, 0.05) is 12.2 Å². The maximum Gasteiger partial charge on any atom is 0.160 e. The van der Waals surface area contributed by atoms with Crippen LogP contribution in [0.3, 0.4) is 0 Å². The maximum absolute atomic E-state index is 6.26. The first-order valence-corrected chi connectivity index (χ1v) is 6.96. The molecule has 0 aliphatic heterocycles. The number of halogens is 1. The summed E-state index contributed by atoms with van der Waals surface area (Å²) in [5, 5.41) is -0.106. The van der Waals surface area contributed by atoms with Gasteiger partial charge in [0.05, 0.1) is 5.38 Å². The van der Waals surface area contributed by atoms with Gasteiger partial charge in [0.25, 0.3) is 0 Å². The van der Waals surface area contributed by atoms with Gasteiger partial charge < -0.3 is 4.57 Å². The fourth-order valence-electron chi connectivity index (χ4n) is 2.22. The number of nitrogens with zero attached hydrogens (tertiary/aromatic N) is 3. The smallest absolute Gasteiger partial charge is 0.160 e. The fraction of sp³-hybridized carbons (Fsp3) is 0.571. The summed E-state index contributed by atoms with van der Waals surface area (Å²) in [5.74, 6) is 1.48. The lowest BCUT2D eigenvalue weighted by Crippen LogP contribution is -2.16. The number of fused-ring (bicyclic) bond motifs is 1. The Morgan fingerprint density at radius 1 is 1.33 bits per heavy atom. The molecule has 0 amide bonds. The minimum atomic E-state index is -0.106. The van der Waals surface area contributed by atoms with Crippen molar-refractivity contribution in [2.45, 2.75) is 45.5 Å². The number of hydrogen-bond donors (Lipinski definition) is 0. The summed E-state index contributed by atoms with van der Waals surface area (Å²) in [6.07, 6.45) is 2.94. The third-order valence-electron chi connectivity index (χ3n) is 3.71. The van der Waals surface area contributed by atoms with Crippen LogP contribution < -0.4 is 0 Å². The molecule has 0 aliphatic rings. The van der Waals surface area contributed by atoms with E-state index in [4.69, 9.17) is 11.6 Å². The quantitative estimate of drug-likeness (QED) is 0.770. The molecule has 0 spiro atoms. The van der Waals surface area contributed by atoms with Crippen molar-refractivity contribution in [1.29, 1.82) is 0 Å². The van der Waals surface area contributed by atoms with Crippen molar-refractivity contribution in [2.75, 3.05) is 0 Å². The predicted octanol–water partition coefficient (Wildman–Crippen LogP) is 4.34. The molecule has 0 aliphatic carbocycles. The number of alkyl halides is 1. The first kappa shape index (κ1) is 13.3. The lowest BCUT2D eigenvalue weighted by Gasteiger charge is -2.23. The second-order valence-electron chi connectivity index (χ2n) is 4.93. The number of rotatable bonds is 4. The first-order valence-electron chi connectivity index (χ1n) is 6.53. The third kappa shape index (κ3) is 2.24. The highest BCUT2D eigenvalue weighted by atomic mass is 35.5.